The molecule has 0 unspecified atom stereocenters. The summed E-state index contributed by atoms with van der Waals surface area (Å²) in [6, 6.07) is 1.94. The second kappa shape index (κ2) is 2.23. The number of hydrogen-bond acceptors (Lipinski definition) is 1. The molecule has 56 valence electrons. The number of aromatic amines is 1. The molecule has 0 aliphatic rings. The highest BCUT2D eigenvalue weighted by Crippen LogP contribution is 2.19. The number of rotatable bonds is 0. The van der Waals surface area contributed by atoms with Gasteiger partial charge >= 0.3 is 0 Å². The fraction of sp³-hybridized carbons (Fsp3) is 0. The molecule has 2 aromatic rings. The molecule has 0 saturated carbocycles. The molecule has 0 saturated heterocycles. The summed E-state index contributed by atoms with van der Waals surface area (Å²) in [6.07, 6.45) is 5.03. The van der Waals surface area contributed by atoms with E-state index in [1.54, 1.807) is 12.4 Å². The zero-order valence-corrected chi connectivity index (χ0v) is 7.17. The number of H-pyrrole nitrogens is 1. The molecule has 4 heteroatoms. The predicted octanol–water partition coefficient (Wildman–Crippen LogP) is 1.46. The lowest BCUT2D eigenvalue weighted by molar-refractivity contribution is -0.904. The Morgan fingerprint density at radius 3 is 3.09 bits per heavy atom. The summed E-state index contributed by atoms with van der Waals surface area (Å²) >= 11 is 3.33. The number of fused-ring (bicyclic) bond motifs is 1. The zero-order valence-electron chi connectivity index (χ0n) is 5.58. The summed E-state index contributed by atoms with van der Waals surface area (Å²) in [5, 5.41) is 10.2. The van der Waals surface area contributed by atoms with Gasteiger partial charge in [0.1, 0.15) is 5.52 Å². The van der Waals surface area contributed by atoms with Crippen LogP contribution in [0.5, 0.6) is 0 Å². The van der Waals surface area contributed by atoms with Crippen LogP contribution in [0.3, 0.4) is 0 Å². The quantitative estimate of drug-likeness (QED) is 0.505. The third-order valence-corrected chi connectivity index (χ3v) is 2.18. The highest BCUT2D eigenvalue weighted by atomic mass is 79.9. The van der Waals surface area contributed by atoms with Gasteiger partial charge in [-0.25, -0.2) is 0 Å². The summed E-state index contributed by atoms with van der Waals surface area (Å²) in [7, 11) is 0. The summed E-state index contributed by atoms with van der Waals surface area (Å²) in [5.41, 5.74) is 0.905. The molecule has 0 spiro atoms. The van der Waals surface area contributed by atoms with Crippen LogP contribution in [-0.2, 0) is 0 Å². The van der Waals surface area contributed by atoms with E-state index in [1.807, 2.05) is 12.3 Å². The van der Waals surface area contributed by atoms with Crippen molar-refractivity contribution in [2.24, 2.45) is 0 Å². The molecule has 0 radical (unpaired) electrons. The standard InChI is InChI=1S/C7H5BrN2O/c8-6-3-10(11)4-7-5(6)1-2-9-7/h1-4,11H/p+1. The van der Waals surface area contributed by atoms with E-state index in [9.17, 15) is 0 Å². The van der Waals surface area contributed by atoms with Crippen molar-refractivity contribution in [3.05, 3.63) is 29.1 Å². The molecule has 2 N–H and O–H groups in total. The normalized spacial score (nSPS) is 10.6. The third kappa shape index (κ3) is 0.991. The smallest absolute Gasteiger partial charge is 0.246 e. The predicted molar refractivity (Wildman–Crippen MR) is 43.4 cm³/mol. The monoisotopic (exact) mass is 213 g/mol. The first-order chi connectivity index (χ1) is 5.27. The first-order valence-corrected chi connectivity index (χ1v) is 3.94. The molecule has 0 aromatic carbocycles. The van der Waals surface area contributed by atoms with Gasteiger partial charge in [-0.15, -0.1) is 0 Å². The van der Waals surface area contributed by atoms with Gasteiger partial charge in [0, 0.05) is 16.3 Å². The molecule has 2 rings (SSSR count). The summed E-state index contributed by atoms with van der Waals surface area (Å²) < 4.78 is 1.89. The number of nitrogens with zero attached hydrogens (tertiary/aromatic N) is 1. The largest absolute Gasteiger partial charge is 0.356 e. The van der Waals surface area contributed by atoms with E-state index < -0.39 is 0 Å². The number of halogens is 1. The average molecular weight is 214 g/mol. The minimum Gasteiger partial charge on any atom is -0.356 e. The van der Waals surface area contributed by atoms with E-state index in [4.69, 9.17) is 5.21 Å². The van der Waals surface area contributed by atoms with Gasteiger partial charge in [-0.2, -0.15) is 0 Å². The molecule has 0 atom stereocenters. The maximum absolute atomic E-state index is 9.10. The van der Waals surface area contributed by atoms with Crippen LogP contribution in [0.4, 0.5) is 0 Å². The van der Waals surface area contributed by atoms with E-state index in [1.165, 1.54) is 0 Å². The minimum atomic E-state index is 0.874. The van der Waals surface area contributed by atoms with Gasteiger partial charge in [0.2, 0.25) is 12.4 Å². The molecular formula is C7H6BrN2O+. The number of hydrogen-bond donors (Lipinski definition) is 2. The van der Waals surface area contributed by atoms with Crippen molar-refractivity contribution in [1.82, 2.24) is 4.98 Å². The topological polar surface area (TPSA) is 39.9 Å². The van der Waals surface area contributed by atoms with Crippen LogP contribution < -0.4 is 4.73 Å². The van der Waals surface area contributed by atoms with E-state index in [-0.39, 0.29) is 0 Å². The molecule has 2 aromatic heterocycles. The van der Waals surface area contributed by atoms with E-state index in [0.717, 1.165) is 20.1 Å². The number of nitrogens with one attached hydrogen (secondary N) is 1. The van der Waals surface area contributed by atoms with Crippen LogP contribution in [0.2, 0.25) is 0 Å². The molecule has 11 heavy (non-hydrogen) atoms. The summed E-state index contributed by atoms with van der Waals surface area (Å²) in [5.74, 6) is 0. The second-order valence-electron chi connectivity index (χ2n) is 2.29. The summed E-state index contributed by atoms with van der Waals surface area (Å²) in [6.45, 7) is 0. The molecule has 0 fully saturated rings. The average Bonchev–Trinajstić information content (AvgIpc) is 2.34. The molecular weight excluding hydrogens is 208 g/mol. The maximum atomic E-state index is 9.10. The van der Waals surface area contributed by atoms with Gasteiger partial charge in [0.25, 0.3) is 0 Å². The van der Waals surface area contributed by atoms with Gasteiger partial charge in [-0.05, 0) is 22.0 Å². The lowest BCUT2D eigenvalue weighted by Crippen LogP contribution is -2.28. The fourth-order valence-electron chi connectivity index (χ4n) is 1.05. The minimum absolute atomic E-state index is 0.874. The Hall–Kier alpha value is -1.03. The van der Waals surface area contributed by atoms with Gasteiger partial charge < -0.3 is 4.98 Å². The van der Waals surface area contributed by atoms with Crippen LogP contribution in [0.15, 0.2) is 29.1 Å². The number of aromatic nitrogens is 2. The molecule has 0 aliphatic carbocycles. The molecule has 0 amide bonds. The highest BCUT2D eigenvalue weighted by Gasteiger charge is 2.06. The Morgan fingerprint density at radius 1 is 1.45 bits per heavy atom. The van der Waals surface area contributed by atoms with Crippen molar-refractivity contribution in [3.8, 4) is 0 Å². The van der Waals surface area contributed by atoms with Gasteiger partial charge in [0.05, 0.1) is 4.47 Å². The Bertz CT molecular complexity index is 396. The summed E-state index contributed by atoms with van der Waals surface area (Å²) in [4.78, 5) is 2.99. The van der Waals surface area contributed by atoms with Crippen molar-refractivity contribution >= 4 is 26.8 Å². The number of pyridine rings is 1. The van der Waals surface area contributed by atoms with E-state index >= 15 is 0 Å². The van der Waals surface area contributed by atoms with Gasteiger partial charge in [-0.3, -0.25) is 5.21 Å². The highest BCUT2D eigenvalue weighted by molar-refractivity contribution is 9.10. The Kier molecular flexibility index (Phi) is 1.35. The third-order valence-electron chi connectivity index (χ3n) is 1.54. The van der Waals surface area contributed by atoms with Crippen molar-refractivity contribution in [3.63, 3.8) is 0 Å². The molecule has 3 nitrogen and oxygen atoms in total. The van der Waals surface area contributed by atoms with Crippen molar-refractivity contribution in [2.75, 3.05) is 0 Å². The lowest BCUT2D eigenvalue weighted by atomic mass is 10.3. The molecule has 0 aliphatic heterocycles. The van der Waals surface area contributed by atoms with E-state index in [2.05, 4.69) is 20.9 Å². The SMILES string of the molecule is O[n+]1cc(Br)c2cc[nH]c2c1. The van der Waals surface area contributed by atoms with Crippen molar-refractivity contribution < 1.29 is 9.94 Å². The second-order valence-corrected chi connectivity index (χ2v) is 3.15. The Labute approximate surface area is 71.4 Å². The first kappa shape index (κ1) is 6.67. The van der Waals surface area contributed by atoms with Crippen LogP contribution >= 0.6 is 15.9 Å². The molecule has 0 bridgehead atoms. The lowest BCUT2D eigenvalue weighted by Gasteiger charge is -1.88. The Balaban J connectivity index is 2.91. The van der Waals surface area contributed by atoms with Gasteiger partial charge in [-0.1, -0.05) is 0 Å². The first-order valence-electron chi connectivity index (χ1n) is 3.14. The van der Waals surface area contributed by atoms with Gasteiger partial charge in [0.15, 0.2) is 0 Å². The van der Waals surface area contributed by atoms with E-state index in [0.29, 0.717) is 0 Å². The molecule has 2 heterocycles. The van der Waals surface area contributed by atoms with Crippen LogP contribution in [-0.4, -0.2) is 10.2 Å². The van der Waals surface area contributed by atoms with Crippen molar-refractivity contribution in [1.29, 1.82) is 0 Å². The fourth-order valence-corrected chi connectivity index (χ4v) is 1.61. The zero-order chi connectivity index (χ0) is 7.84. The van der Waals surface area contributed by atoms with Crippen LogP contribution in [0.25, 0.3) is 10.9 Å². The maximum Gasteiger partial charge on any atom is 0.246 e. The van der Waals surface area contributed by atoms with Crippen LogP contribution in [0.1, 0.15) is 0 Å². The van der Waals surface area contributed by atoms with Crippen LogP contribution in [0, 0.1) is 0 Å². The van der Waals surface area contributed by atoms with Crippen molar-refractivity contribution in [2.45, 2.75) is 0 Å². The Morgan fingerprint density at radius 2 is 2.27 bits per heavy atom.